The lowest BCUT2D eigenvalue weighted by Gasteiger charge is -2.15. The van der Waals surface area contributed by atoms with Gasteiger partial charge in [0.1, 0.15) is 0 Å². The molecule has 0 aliphatic rings. The molecule has 0 unspecified atom stereocenters. The predicted molar refractivity (Wildman–Crippen MR) is 74.7 cm³/mol. The highest BCUT2D eigenvalue weighted by molar-refractivity contribution is 9.10. The number of hydrogen-bond acceptors (Lipinski definition) is 3. The molecular formula is C12H18BrNO2S. The van der Waals surface area contributed by atoms with Gasteiger partial charge in [-0.1, -0.05) is 0 Å². The second-order valence-corrected chi connectivity index (χ2v) is 6.05. The largest absolute Gasteiger partial charge is 0.481 e. The Bertz CT molecular complexity index is 354. The van der Waals surface area contributed by atoms with Crippen LogP contribution >= 0.6 is 27.3 Å². The van der Waals surface area contributed by atoms with E-state index in [0.29, 0.717) is 0 Å². The number of unbranched alkanes of at least 4 members (excludes halogenated alkanes) is 1. The maximum atomic E-state index is 10.3. The summed E-state index contributed by atoms with van der Waals surface area (Å²) in [7, 11) is 2.09. The minimum atomic E-state index is -0.698. The van der Waals surface area contributed by atoms with Gasteiger partial charge in [-0.05, 0) is 54.9 Å². The summed E-state index contributed by atoms with van der Waals surface area (Å²) in [5.41, 5.74) is 0. The number of halogens is 1. The monoisotopic (exact) mass is 319 g/mol. The van der Waals surface area contributed by atoms with E-state index in [2.05, 4.69) is 39.3 Å². The molecule has 0 spiro atoms. The molecule has 0 aromatic carbocycles. The number of carbonyl (C=O) groups is 1. The fourth-order valence-corrected chi connectivity index (χ4v) is 3.00. The molecule has 1 rings (SSSR count). The SMILES string of the molecule is CN(CCCCC(=O)O)CCc1cc(Br)cs1. The zero-order valence-corrected chi connectivity index (χ0v) is 12.4. The summed E-state index contributed by atoms with van der Waals surface area (Å²) in [5, 5.41) is 10.6. The molecule has 1 aromatic rings. The van der Waals surface area contributed by atoms with E-state index in [1.807, 2.05) is 0 Å². The Morgan fingerprint density at radius 1 is 1.47 bits per heavy atom. The van der Waals surface area contributed by atoms with E-state index in [-0.39, 0.29) is 6.42 Å². The average molecular weight is 320 g/mol. The van der Waals surface area contributed by atoms with Crippen molar-refractivity contribution in [3.8, 4) is 0 Å². The van der Waals surface area contributed by atoms with Crippen LogP contribution in [0.5, 0.6) is 0 Å². The summed E-state index contributed by atoms with van der Waals surface area (Å²) >= 11 is 5.22. The van der Waals surface area contributed by atoms with Gasteiger partial charge in [-0.2, -0.15) is 0 Å². The van der Waals surface area contributed by atoms with Crippen molar-refractivity contribution in [3.05, 3.63) is 20.8 Å². The van der Waals surface area contributed by atoms with Crippen LogP contribution < -0.4 is 0 Å². The molecule has 0 aliphatic heterocycles. The molecule has 96 valence electrons. The van der Waals surface area contributed by atoms with Crippen LogP contribution in [0, 0.1) is 0 Å². The number of hydrogen-bond donors (Lipinski definition) is 1. The lowest BCUT2D eigenvalue weighted by atomic mass is 10.2. The van der Waals surface area contributed by atoms with Gasteiger partial charge in [0, 0.05) is 27.7 Å². The van der Waals surface area contributed by atoms with Crippen LogP contribution in [0.2, 0.25) is 0 Å². The maximum Gasteiger partial charge on any atom is 0.303 e. The van der Waals surface area contributed by atoms with E-state index in [4.69, 9.17) is 5.11 Å². The van der Waals surface area contributed by atoms with Crippen LogP contribution in [-0.4, -0.2) is 36.1 Å². The Kier molecular flexibility index (Phi) is 6.77. The first-order valence-corrected chi connectivity index (χ1v) is 7.38. The Morgan fingerprint density at radius 3 is 2.82 bits per heavy atom. The third-order valence-electron chi connectivity index (χ3n) is 2.54. The van der Waals surface area contributed by atoms with Crippen LogP contribution in [0.25, 0.3) is 0 Å². The van der Waals surface area contributed by atoms with E-state index in [0.717, 1.165) is 36.8 Å². The summed E-state index contributed by atoms with van der Waals surface area (Å²) < 4.78 is 1.15. The molecule has 17 heavy (non-hydrogen) atoms. The van der Waals surface area contributed by atoms with Crippen LogP contribution in [0.3, 0.4) is 0 Å². The van der Waals surface area contributed by atoms with E-state index in [9.17, 15) is 4.79 Å². The molecule has 0 aliphatic carbocycles. The van der Waals surface area contributed by atoms with Crippen LogP contribution in [0.15, 0.2) is 15.9 Å². The van der Waals surface area contributed by atoms with Crippen LogP contribution in [-0.2, 0) is 11.2 Å². The highest BCUT2D eigenvalue weighted by Gasteiger charge is 2.02. The zero-order chi connectivity index (χ0) is 12.7. The lowest BCUT2D eigenvalue weighted by molar-refractivity contribution is -0.137. The second kappa shape index (κ2) is 7.84. The van der Waals surface area contributed by atoms with Crippen molar-refractivity contribution < 1.29 is 9.90 Å². The van der Waals surface area contributed by atoms with Crippen molar-refractivity contribution in [2.24, 2.45) is 0 Å². The Morgan fingerprint density at radius 2 is 2.24 bits per heavy atom. The van der Waals surface area contributed by atoms with Gasteiger partial charge in [0.15, 0.2) is 0 Å². The van der Waals surface area contributed by atoms with Gasteiger partial charge in [-0.15, -0.1) is 11.3 Å². The summed E-state index contributed by atoms with van der Waals surface area (Å²) in [6, 6.07) is 2.16. The molecule has 0 radical (unpaired) electrons. The van der Waals surface area contributed by atoms with Crippen LogP contribution in [0.4, 0.5) is 0 Å². The third kappa shape index (κ3) is 6.81. The molecule has 0 saturated carbocycles. The van der Waals surface area contributed by atoms with E-state index in [1.165, 1.54) is 4.88 Å². The molecule has 1 heterocycles. The molecule has 0 atom stereocenters. The Labute approximate surface area is 115 Å². The van der Waals surface area contributed by atoms with Crippen LogP contribution in [0.1, 0.15) is 24.1 Å². The number of nitrogens with zero attached hydrogens (tertiary/aromatic N) is 1. The summed E-state index contributed by atoms with van der Waals surface area (Å²) in [5.74, 6) is -0.698. The number of thiophene rings is 1. The van der Waals surface area contributed by atoms with Crippen molar-refractivity contribution >= 4 is 33.2 Å². The molecule has 0 amide bonds. The van der Waals surface area contributed by atoms with Gasteiger partial charge in [-0.3, -0.25) is 4.79 Å². The van der Waals surface area contributed by atoms with Gasteiger partial charge in [0.25, 0.3) is 0 Å². The average Bonchev–Trinajstić information content (AvgIpc) is 2.67. The highest BCUT2D eigenvalue weighted by atomic mass is 79.9. The summed E-state index contributed by atoms with van der Waals surface area (Å²) in [6.45, 7) is 2.00. The maximum absolute atomic E-state index is 10.3. The smallest absolute Gasteiger partial charge is 0.303 e. The van der Waals surface area contributed by atoms with E-state index in [1.54, 1.807) is 11.3 Å². The first-order valence-electron chi connectivity index (χ1n) is 5.71. The molecule has 1 aromatic heterocycles. The van der Waals surface area contributed by atoms with Crippen molar-refractivity contribution in [2.75, 3.05) is 20.1 Å². The highest BCUT2D eigenvalue weighted by Crippen LogP contribution is 2.20. The number of aliphatic carboxylic acids is 1. The van der Waals surface area contributed by atoms with Gasteiger partial charge in [0.2, 0.25) is 0 Å². The van der Waals surface area contributed by atoms with Gasteiger partial charge < -0.3 is 10.0 Å². The third-order valence-corrected chi connectivity index (χ3v) is 4.30. The molecule has 0 fully saturated rings. The topological polar surface area (TPSA) is 40.5 Å². The van der Waals surface area contributed by atoms with Crippen molar-refractivity contribution in [1.29, 1.82) is 0 Å². The first kappa shape index (κ1) is 14.7. The van der Waals surface area contributed by atoms with E-state index >= 15 is 0 Å². The Hall–Kier alpha value is -0.390. The Balaban J connectivity index is 2.09. The van der Waals surface area contributed by atoms with Crippen molar-refractivity contribution in [2.45, 2.75) is 25.7 Å². The molecule has 3 nitrogen and oxygen atoms in total. The standard InChI is InChI=1S/C12H18BrNO2S/c1-14(6-3-2-4-12(15)16)7-5-11-8-10(13)9-17-11/h8-9H,2-7H2,1H3,(H,15,16). The number of carboxylic acids is 1. The molecule has 1 N–H and O–H groups in total. The fraction of sp³-hybridized carbons (Fsp3) is 0.583. The van der Waals surface area contributed by atoms with Crippen molar-refractivity contribution in [3.63, 3.8) is 0 Å². The minimum absolute atomic E-state index is 0.283. The zero-order valence-electron chi connectivity index (χ0n) is 9.99. The van der Waals surface area contributed by atoms with Crippen molar-refractivity contribution in [1.82, 2.24) is 4.90 Å². The van der Waals surface area contributed by atoms with Gasteiger partial charge >= 0.3 is 5.97 Å². The lowest BCUT2D eigenvalue weighted by Crippen LogP contribution is -2.22. The number of carboxylic acid groups (broad SMARTS) is 1. The molecule has 5 heteroatoms. The molecule has 0 bridgehead atoms. The number of rotatable bonds is 8. The summed E-state index contributed by atoms with van der Waals surface area (Å²) in [6.07, 6.45) is 3.07. The van der Waals surface area contributed by atoms with Gasteiger partial charge in [-0.25, -0.2) is 0 Å². The normalized spacial score (nSPS) is 11.0. The fourth-order valence-electron chi connectivity index (χ4n) is 1.56. The van der Waals surface area contributed by atoms with Gasteiger partial charge in [0.05, 0.1) is 0 Å². The number of likely N-dealkylation sites (N-methyl/N-ethyl adjacent to an activating group) is 1. The molecular weight excluding hydrogens is 302 g/mol. The predicted octanol–water partition coefficient (Wildman–Crippen LogP) is 3.24. The second-order valence-electron chi connectivity index (χ2n) is 4.14. The summed E-state index contributed by atoms with van der Waals surface area (Å²) in [4.78, 5) is 14.0. The first-order chi connectivity index (χ1) is 8.08. The minimum Gasteiger partial charge on any atom is -0.481 e. The van der Waals surface area contributed by atoms with E-state index < -0.39 is 5.97 Å². The quantitative estimate of drug-likeness (QED) is 0.748. The molecule has 0 saturated heterocycles.